The highest BCUT2D eigenvalue weighted by molar-refractivity contribution is 6.42. The number of ketones is 1. The fraction of sp³-hybridized carbons (Fsp3) is 0.0625. The Balaban J connectivity index is 2.05. The summed E-state index contributed by atoms with van der Waals surface area (Å²) in [4.78, 5) is 12.4. The van der Waals surface area contributed by atoms with Crippen LogP contribution < -0.4 is 0 Å². The van der Waals surface area contributed by atoms with E-state index in [-0.39, 0.29) is 5.78 Å². The summed E-state index contributed by atoms with van der Waals surface area (Å²) < 4.78 is 0. The molecule has 0 bridgehead atoms. The number of rotatable bonds is 1. The number of Topliss-reactive ketones (excluding diaryl/α,β-unsaturated/α-hetero) is 1. The average Bonchev–Trinajstić information content (AvgIpc) is 2.69. The molecule has 2 aromatic rings. The highest BCUT2D eigenvalue weighted by Crippen LogP contribution is 2.36. The van der Waals surface area contributed by atoms with Crippen molar-refractivity contribution in [3.63, 3.8) is 0 Å². The molecule has 0 aromatic heterocycles. The van der Waals surface area contributed by atoms with Crippen LogP contribution in [-0.2, 0) is 0 Å². The maximum Gasteiger partial charge on any atom is 0.189 e. The molecular weight excluding hydrogens is 290 g/mol. The molecule has 0 fully saturated rings. The Hall–Kier alpha value is -1.51. The summed E-state index contributed by atoms with van der Waals surface area (Å²) in [6, 6.07) is 12.6. The van der Waals surface area contributed by atoms with Crippen LogP contribution in [0.1, 0.15) is 27.3 Å². The van der Waals surface area contributed by atoms with Crippen LogP contribution in [0.5, 0.6) is 0 Å². The molecule has 0 N–H and O–H groups in total. The topological polar surface area (TPSA) is 17.1 Å². The van der Waals surface area contributed by atoms with Crippen molar-refractivity contribution in [3.8, 4) is 0 Å². The first-order chi connectivity index (χ1) is 9.58. The van der Waals surface area contributed by atoms with E-state index >= 15 is 0 Å². The molecule has 2 radical (unpaired) electrons. The number of fused-ring (bicyclic) bond motifs is 1. The van der Waals surface area contributed by atoms with Gasteiger partial charge in [0, 0.05) is 5.56 Å². The van der Waals surface area contributed by atoms with Crippen molar-refractivity contribution in [1.29, 1.82) is 0 Å². The maximum atomic E-state index is 12.4. The van der Waals surface area contributed by atoms with E-state index in [1.54, 1.807) is 24.3 Å². The van der Waals surface area contributed by atoms with Gasteiger partial charge in [-0.3, -0.25) is 4.79 Å². The number of carbonyl (C=O) groups excluding carboxylic acids is 1. The molecule has 0 amide bonds. The Bertz CT molecular complexity index is 737. The van der Waals surface area contributed by atoms with Crippen LogP contribution >= 0.6 is 23.2 Å². The summed E-state index contributed by atoms with van der Waals surface area (Å²) in [7, 11) is 6.15. The summed E-state index contributed by atoms with van der Waals surface area (Å²) >= 11 is 11.9. The van der Waals surface area contributed by atoms with Crippen molar-refractivity contribution < 1.29 is 4.79 Å². The molecule has 2 aromatic carbocycles. The zero-order chi connectivity index (χ0) is 14.3. The lowest BCUT2D eigenvalue weighted by Crippen LogP contribution is -1.99. The zero-order valence-electron chi connectivity index (χ0n) is 10.4. The van der Waals surface area contributed by atoms with Gasteiger partial charge in [-0.05, 0) is 40.7 Å². The number of allylic oxidation sites excluding steroid dienone is 1. The fourth-order valence-corrected chi connectivity index (χ4v) is 2.68. The highest BCUT2D eigenvalue weighted by atomic mass is 35.5. The van der Waals surface area contributed by atoms with Crippen LogP contribution in [0, 0.1) is 0 Å². The Morgan fingerprint density at radius 1 is 1.05 bits per heavy atom. The molecule has 1 nitrogen and oxygen atoms in total. The molecule has 0 aliphatic heterocycles. The zero-order valence-corrected chi connectivity index (χ0v) is 11.9. The monoisotopic (exact) mass is 298 g/mol. The molecule has 1 aliphatic rings. The van der Waals surface area contributed by atoms with Crippen molar-refractivity contribution in [2.24, 2.45) is 0 Å². The lowest BCUT2D eigenvalue weighted by Gasteiger charge is -2.06. The van der Waals surface area contributed by atoms with Gasteiger partial charge in [0.1, 0.15) is 0 Å². The Morgan fingerprint density at radius 3 is 2.50 bits per heavy atom. The van der Waals surface area contributed by atoms with Crippen LogP contribution in [0.25, 0.3) is 6.08 Å². The Labute approximate surface area is 128 Å². The highest BCUT2D eigenvalue weighted by Gasteiger charge is 2.30. The van der Waals surface area contributed by atoms with Crippen molar-refractivity contribution >= 4 is 42.9 Å². The quantitative estimate of drug-likeness (QED) is 0.560. The largest absolute Gasteiger partial charge is 0.289 e. The van der Waals surface area contributed by atoms with Crippen LogP contribution in [0.4, 0.5) is 0 Å². The van der Waals surface area contributed by atoms with E-state index in [1.165, 1.54) is 0 Å². The number of carbonyl (C=O) groups is 1. The molecule has 0 saturated carbocycles. The van der Waals surface area contributed by atoms with E-state index < -0.39 is 5.82 Å². The van der Waals surface area contributed by atoms with Gasteiger partial charge in [-0.2, -0.15) is 0 Å². The lowest BCUT2D eigenvalue weighted by molar-refractivity contribution is 0.104. The van der Waals surface area contributed by atoms with Gasteiger partial charge in [0.15, 0.2) is 5.78 Å². The molecule has 20 heavy (non-hydrogen) atoms. The van der Waals surface area contributed by atoms with E-state index in [4.69, 9.17) is 31.0 Å². The normalized spacial score (nSPS) is 19.4. The van der Waals surface area contributed by atoms with E-state index in [1.807, 2.05) is 24.3 Å². The average molecular weight is 299 g/mol. The van der Waals surface area contributed by atoms with Gasteiger partial charge < -0.3 is 0 Å². The lowest BCUT2D eigenvalue weighted by atomic mass is 9.79. The summed E-state index contributed by atoms with van der Waals surface area (Å²) in [6.45, 7) is 0. The van der Waals surface area contributed by atoms with Gasteiger partial charge >= 0.3 is 0 Å². The Morgan fingerprint density at radius 2 is 1.80 bits per heavy atom. The minimum Gasteiger partial charge on any atom is -0.289 e. The van der Waals surface area contributed by atoms with Gasteiger partial charge in [-0.15, -0.1) is 0 Å². The molecule has 0 saturated heterocycles. The number of hydrogen-bond acceptors (Lipinski definition) is 1. The number of hydrogen-bond donors (Lipinski definition) is 0. The van der Waals surface area contributed by atoms with E-state index in [2.05, 4.69) is 0 Å². The van der Waals surface area contributed by atoms with E-state index in [0.29, 0.717) is 21.2 Å². The first-order valence-corrected chi connectivity index (χ1v) is 6.89. The molecular formula is C16H9BCl2O. The summed E-state index contributed by atoms with van der Waals surface area (Å²) in [5.41, 5.74) is 2.92. The smallest absolute Gasteiger partial charge is 0.189 e. The molecule has 4 heteroatoms. The third-order valence-electron chi connectivity index (χ3n) is 3.40. The second-order valence-electron chi connectivity index (χ2n) is 4.67. The van der Waals surface area contributed by atoms with Crippen molar-refractivity contribution in [2.45, 2.75) is 5.82 Å². The standard InChI is InChI=1S/C16H9BCl2O/c17-15-10-3-1-2-4-11(10)16(20)12(15)7-9-5-6-13(18)14(19)8-9/h1-8,15H/b12-7+. The molecule has 3 rings (SSSR count). The molecule has 96 valence electrons. The second kappa shape index (κ2) is 5.12. The van der Waals surface area contributed by atoms with Crippen molar-refractivity contribution in [2.75, 3.05) is 0 Å². The van der Waals surface area contributed by atoms with Gasteiger partial charge in [0.25, 0.3) is 0 Å². The third-order valence-corrected chi connectivity index (χ3v) is 4.14. The van der Waals surface area contributed by atoms with Gasteiger partial charge in [0.05, 0.1) is 17.9 Å². The molecule has 1 atom stereocenters. The minimum atomic E-state index is -0.395. The predicted molar refractivity (Wildman–Crippen MR) is 83.7 cm³/mol. The van der Waals surface area contributed by atoms with E-state index in [0.717, 1.165) is 11.1 Å². The van der Waals surface area contributed by atoms with Crippen LogP contribution in [0.2, 0.25) is 10.0 Å². The first kappa shape index (κ1) is 13.5. The third kappa shape index (κ3) is 2.19. The van der Waals surface area contributed by atoms with Crippen molar-refractivity contribution in [3.05, 3.63) is 74.8 Å². The second-order valence-corrected chi connectivity index (χ2v) is 5.48. The number of halogens is 2. The molecule has 1 aliphatic carbocycles. The molecule has 0 heterocycles. The molecule has 1 unspecified atom stereocenters. The first-order valence-electron chi connectivity index (χ1n) is 6.14. The summed E-state index contributed by atoms with van der Waals surface area (Å²) in [5, 5.41) is 0.941. The maximum absolute atomic E-state index is 12.4. The number of benzene rings is 2. The minimum absolute atomic E-state index is 0.0285. The SMILES string of the molecule is [B]C1/C(=C\c2ccc(Cl)c(Cl)c2)C(=O)c2ccccc21. The van der Waals surface area contributed by atoms with Crippen LogP contribution in [0.15, 0.2) is 48.0 Å². The fourth-order valence-electron chi connectivity index (χ4n) is 2.38. The Kier molecular flexibility index (Phi) is 3.45. The summed E-state index contributed by atoms with van der Waals surface area (Å²) in [6.07, 6.45) is 1.77. The van der Waals surface area contributed by atoms with Gasteiger partial charge in [-0.25, -0.2) is 0 Å². The van der Waals surface area contributed by atoms with Gasteiger partial charge in [0.2, 0.25) is 0 Å². The molecule has 0 spiro atoms. The predicted octanol–water partition coefficient (Wildman–Crippen LogP) is 4.48. The van der Waals surface area contributed by atoms with Crippen molar-refractivity contribution in [1.82, 2.24) is 0 Å². The summed E-state index contributed by atoms with van der Waals surface area (Å²) in [5.74, 6) is -0.424. The van der Waals surface area contributed by atoms with Crippen LogP contribution in [-0.4, -0.2) is 13.6 Å². The van der Waals surface area contributed by atoms with E-state index in [9.17, 15) is 4.79 Å². The van der Waals surface area contributed by atoms with Crippen LogP contribution in [0.3, 0.4) is 0 Å². The van der Waals surface area contributed by atoms with Gasteiger partial charge in [-0.1, -0.05) is 53.5 Å².